The fourth-order valence-electron chi connectivity index (χ4n) is 4.03. The van der Waals surface area contributed by atoms with Crippen LogP contribution in [0.25, 0.3) is 0 Å². The van der Waals surface area contributed by atoms with Gasteiger partial charge in [-0.2, -0.15) is 0 Å². The number of benzene rings is 2. The van der Waals surface area contributed by atoms with Gasteiger partial charge in [0.2, 0.25) is 11.8 Å². The summed E-state index contributed by atoms with van der Waals surface area (Å²) < 4.78 is 10.0. The summed E-state index contributed by atoms with van der Waals surface area (Å²) >= 11 is 0. The molecule has 0 unspecified atom stereocenters. The van der Waals surface area contributed by atoms with Gasteiger partial charge >= 0.3 is 0 Å². The Morgan fingerprint density at radius 2 is 1.02 bits per heavy atom. The number of ether oxygens (including phenoxy) is 2. The largest absolute Gasteiger partial charge is 0.504 e. The molecule has 0 aliphatic carbocycles. The molecule has 0 radical (unpaired) electrons. The van der Waals surface area contributed by atoms with Crippen LogP contribution in [0, 0.1) is 0 Å². The van der Waals surface area contributed by atoms with Crippen LogP contribution in [0.2, 0.25) is 0 Å². The predicted molar refractivity (Wildman–Crippen MR) is 196 cm³/mol. The maximum absolute atomic E-state index is 12.0. The molecule has 0 atom stereocenters. The van der Waals surface area contributed by atoms with Crippen molar-refractivity contribution in [2.45, 2.75) is 78.3 Å². The highest BCUT2D eigenvalue weighted by atomic mass is 16.5. The molecule has 260 valence electrons. The molecule has 2 aromatic carbocycles. The zero-order valence-electron chi connectivity index (χ0n) is 29.0. The molecule has 4 N–H and O–H groups in total. The summed E-state index contributed by atoms with van der Waals surface area (Å²) in [6, 6.07) is 10.0. The molecule has 0 saturated heterocycles. The average Bonchev–Trinajstić information content (AvgIpc) is 3.08. The highest BCUT2D eigenvalue weighted by Crippen LogP contribution is 2.27. The van der Waals surface area contributed by atoms with Crippen LogP contribution in [0.15, 0.2) is 109 Å². The van der Waals surface area contributed by atoms with Crippen LogP contribution < -0.4 is 20.1 Å². The number of amides is 2. The van der Waals surface area contributed by atoms with Crippen LogP contribution >= 0.6 is 0 Å². The van der Waals surface area contributed by atoms with Crippen LogP contribution in [-0.4, -0.2) is 36.2 Å². The number of hydrogen-bond acceptors (Lipinski definition) is 6. The van der Waals surface area contributed by atoms with Crippen molar-refractivity contribution in [1.82, 2.24) is 10.6 Å². The van der Waals surface area contributed by atoms with Crippen LogP contribution in [0.4, 0.5) is 0 Å². The van der Waals surface area contributed by atoms with Gasteiger partial charge in [-0.05, 0) is 80.3 Å². The first-order chi connectivity index (χ1) is 23.3. The van der Waals surface area contributed by atoms with E-state index in [2.05, 4.69) is 84.4 Å². The fourth-order valence-corrected chi connectivity index (χ4v) is 4.03. The Bertz CT molecular complexity index is 1390. The maximum atomic E-state index is 12.0. The molecule has 2 rings (SSSR count). The third-order valence-corrected chi connectivity index (χ3v) is 6.65. The first kappa shape index (κ1) is 41.0. The lowest BCUT2D eigenvalue weighted by Crippen LogP contribution is -2.22. The third-order valence-electron chi connectivity index (χ3n) is 6.65. The standard InChI is InChI=1S/C30H41NO3.C10H13NO3/c1-3-4-5-6-7-8-9-10-11-12-13-14-15-16-17-18-19-20-21-22-30(33)31-26-27-23-24-28(32)29(25-27)34-2;1-7(12)11-6-8-3-4-9(13)10(5-8)14-2/h4-5,7-8,10-11,13-14,16-17,19-20,23-25,32H,3,6,9,12,15,18,21-22,26H2,1-2H3,(H,31,33);3-5,13H,6H2,1-2H3,(H,11,12)/b5-4-,8-7-,11-10-,14-13-,17-16-,20-19-;. The Kier molecular flexibility index (Phi) is 23.2. The molecular weight excluding hydrogens is 604 g/mol. The van der Waals surface area contributed by atoms with Gasteiger partial charge in [0.1, 0.15) is 0 Å². The van der Waals surface area contributed by atoms with Gasteiger partial charge in [0, 0.05) is 26.4 Å². The summed E-state index contributed by atoms with van der Waals surface area (Å²) in [5, 5.41) is 24.4. The topological polar surface area (TPSA) is 117 Å². The van der Waals surface area contributed by atoms with Gasteiger partial charge < -0.3 is 30.3 Å². The summed E-state index contributed by atoms with van der Waals surface area (Å²) in [4.78, 5) is 22.6. The van der Waals surface area contributed by atoms with Gasteiger partial charge in [0.15, 0.2) is 23.0 Å². The predicted octanol–water partition coefficient (Wildman–Crippen LogP) is 8.53. The first-order valence-electron chi connectivity index (χ1n) is 16.4. The molecule has 0 saturated carbocycles. The Morgan fingerprint density at radius 1 is 0.625 bits per heavy atom. The van der Waals surface area contributed by atoms with Crippen molar-refractivity contribution < 1.29 is 29.3 Å². The number of rotatable bonds is 20. The van der Waals surface area contributed by atoms with Gasteiger partial charge in [-0.3, -0.25) is 9.59 Å². The lowest BCUT2D eigenvalue weighted by Gasteiger charge is -2.08. The average molecular weight is 659 g/mol. The number of nitrogens with one attached hydrogen (secondary N) is 2. The van der Waals surface area contributed by atoms with Gasteiger partial charge in [0.05, 0.1) is 14.2 Å². The minimum Gasteiger partial charge on any atom is -0.504 e. The van der Waals surface area contributed by atoms with E-state index in [4.69, 9.17) is 9.47 Å². The Hall–Kier alpha value is -4.98. The van der Waals surface area contributed by atoms with Crippen LogP contribution in [0.5, 0.6) is 23.0 Å². The third kappa shape index (κ3) is 20.9. The van der Waals surface area contributed by atoms with E-state index in [1.54, 1.807) is 30.3 Å². The van der Waals surface area contributed by atoms with E-state index in [1.165, 1.54) is 27.2 Å². The van der Waals surface area contributed by atoms with Gasteiger partial charge in [-0.1, -0.05) is 92.0 Å². The van der Waals surface area contributed by atoms with E-state index < -0.39 is 0 Å². The monoisotopic (exact) mass is 658 g/mol. The molecule has 8 heteroatoms. The molecule has 0 spiro atoms. The lowest BCUT2D eigenvalue weighted by atomic mass is 10.2. The van der Waals surface area contributed by atoms with Crippen LogP contribution in [-0.2, 0) is 22.7 Å². The number of hydrogen-bond donors (Lipinski definition) is 4. The quantitative estimate of drug-likeness (QED) is 0.106. The Balaban J connectivity index is 0.000000682. The van der Waals surface area contributed by atoms with Crippen molar-refractivity contribution in [3.05, 3.63) is 120 Å². The Labute approximate surface area is 287 Å². The molecule has 0 fully saturated rings. The molecule has 0 aliphatic heterocycles. The van der Waals surface area contributed by atoms with Crippen molar-refractivity contribution in [1.29, 1.82) is 0 Å². The van der Waals surface area contributed by atoms with E-state index in [9.17, 15) is 19.8 Å². The van der Waals surface area contributed by atoms with E-state index in [0.717, 1.165) is 56.1 Å². The number of allylic oxidation sites excluding steroid dienone is 12. The summed E-state index contributed by atoms with van der Waals surface area (Å²) in [6.45, 7) is 4.46. The second-order valence-corrected chi connectivity index (χ2v) is 10.7. The van der Waals surface area contributed by atoms with Crippen molar-refractivity contribution in [2.24, 2.45) is 0 Å². The minimum atomic E-state index is -0.0861. The normalized spacial score (nSPS) is 11.6. The van der Waals surface area contributed by atoms with Gasteiger partial charge in [0.25, 0.3) is 0 Å². The number of aromatic hydroxyl groups is 2. The number of carbonyl (C=O) groups excluding carboxylic acids is 2. The molecule has 0 bridgehead atoms. The van der Waals surface area contributed by atoms with Crippen molar-refractivity contribution >= 4 is 11.8 Å². The molecule has 8 nitrogen and oxygen atoms in total. The summed E-state index contributed by atoms with van der Waals surface area (Å²) in [5.41, 5.74) is 1.77. The number of carbonyl (C=O) groups is 2. The second-order valence-electron chi connectivity index (χ2n) is 10.7. The number of methoxy groups -OCH3 is 2. The first-order valence-corrected chi connectivity index (χ1v) is 16.4. The molecule has 2 aromatic rings. The SMILES string of the molecule is CC/C=C\C/C=C\C/C=C\C/C=C\C/C=C\C/C=C\CCC(=O)NCc1ccc(O)c(OC)c1.COc1cc(CNC(C)=O)ccc1O. The van der Waals surface area contributed by atoms with E-state index in [-0.39, 0.29) is 23.3 Å². The van der Waals surface area contributed by atoms with Crippen molar-refractivity contribution in [3.8, 4) is 23.0 Å². The van der Waals surface area contributed by atoms with E-state index in [1.807, 2.05) is 6.08 Å². The van der Waals surface area contributed by atoms with E-state index in [0.29, 0.717) is 31.0 Å². The smallest absolute Gasteiger partial charge is 0.220 e. The molecule has 48 heavy (non-hydrogen) atoms. The van der Waals surface area contributed by atoms with E-state index >= 15 is 0 Å². The molecule has 0 heterocycles. The number of phenolic OH excluding ortho intramolecular Hbond substituents is 2. The summed E-state index contributed by atoms with van der Waals surface area (Å²) in [6.07, 6.45) is 33.1. The summed E-state index contributed by atoms with van der Waals surface area (Å²) in [5.74, 6) is 0.926. The molecule has 0 aromatic heterocycles. The van der Waals surface area contributed by atoms with Crippen molar-refractivity contribution in [2.75, 3.05) is 14.2 Å². The second kappa shape index (κ2) is 27.2. The van der Waals surface area contributed by atoms with Gasteiger partial charge in [-0.25, -0.2) is 0 Å². The summed E-state index contributed by atoms with van der Waals surface area (Å²) in [7, 11) is 2.99. The van der Waals surface area contributed by atoms with Crippen LogP contribution in [0.3, 0.4) is 0 Å². The molecular formula is C40H54N2O6. The van der Waals surface area contributed by atoms with Gasteiger partial charge in [-0.15, -0.1) is 0 Å². The zero-order valence-corrected chi connectivity index (χ0v) is 29.0. The fraction of sp³-hybridized carbons (Fsp3) is 0.350. The zero-order chi connectivity index (χ0) is 35.2. The highest BCUT2D eigenvalue weighted by molar-refractivity contribution is 5.76. The van der Waals surface area contributed by atoms with Crippen molar-refractivity contribution in [3.63, 3.8) is 0 Å². The lowest BCUT2D eigenvalue weighted by molar-refractivity contribution is -0.121. The van der Waals surface area contributed by atoms with Crippen LogP contribution in [0.1, 0.15) is 76.3 Å². The number of phenols is 2. The molecule has 0 aliphatic rings. The Morgan fingerprint density at radius 3 is 1.42 bits per heavy atom. The molecule has 2 amide bonds. The maximum Gasteiger partial charge on any atom is 0.220 e. The highest BCUT2D eigenvalue weighted by Gasteiger charge is 2.05. The minimum absolute atomic E-state index is 0.00608.